The highest BCUT2D eigenvalue weighted by Crippen LogP contribution is 2.36. The lowest BCUT2D eigenvalue weighted by Crippen LogP contribution is -2.33. The largest absolute Gasteiger partial charge is 0.350 e. The van der Waals surface area contributed by atoms with Crippen LogP contribution in [-0.4, -0.2) is 33.6 Å². The minimum Gasteiger partial charge on any atom is -0.350 e. The summed E-state index contributed by atoms with van der Waals surface area (Å²) >= 11 is 1.45. The quantitative estimate of drug-likeness (QED) is 0.591. The van der Waals surface area contributed by atoms with Crippen molar-refractivity contribution >= 4 is 40.1 Å². The fraction of sp³-hybridized carbons (Fsp3) is 0.217. The van der Waals surface area contributed by atoms with E-state index >= 15 is 0 Å². The highest BCUT2D eigenvalue weighted by Gasteiger charge is 2.38. The summed E-state index contributed by atoms with van der Waals surface area (Å²) in [4.78, 5) is 28.1. The fourth-order valence-electron chi connectivity index (χ4n) is 3.75. The first-order valence-corrected chi connectivity index (χ1v) is 10.4. The molecule has 3 aromatic rings. The Morgan fingerprint density at radius 3 is 2.39 bits per heavy atom. The predicted octanol–water partition coefficient (Wildman–Crippen LogP) is 4.25. The first-order valence-electron chi connectivity index (χ1n) is 9.43. The van der Waals surface area contributed by atoms with Crippen LogP contribution in [0.1, 0.15) is 18.1 Å². The molecule has 4 nitrogen and oxygen atoms in total. The van der Waals surface area contributed by atoms with Crippen LogP contribution in [0.3, 0.4) is 0 Å². The number of carbonyl (C=O) groups is 2. The van der Waals surface area contributed by atoms with E-state index in [-0.39, 0.29) is 11.8 Å². The third-order valence-electron chi connectivity index (χ3n) is 5.06. The molecule has 0 radical (unpaired) electrons. The lowest BCUT2D eigenvalue weighted by atomic mass is 10.1. The van der Waals surface area contributed by atoms with Gasteiger partial charge in [-0.05, 0) is 29.4 Å². The SMILES string of the molecule is CCSC1=C(c2ccccc2)C(=O)N(CCc2cn(C)c3ccccc23)C1=O. The molecule has 2 amide bonds. The maximum atomic E-state index is 13.1. The van der Waals surface area contributed by atoms with Crippen molar-refractivity contribution in [2.24, 2.45) is 7.05 Å². The summed E-state index contributed by atoms with van der Waals surface area (Å²) in [5.41, 5.74) is 3.65. The summed E-state index contributed by atoms with van der Waals surface area (Å²) in [6.07, 6.45) is 2.73. The van der Waals surface area contributed by atoms with Crippen molar-refractivity contribution < 1.29 is 9.59 Å². The first-order chi connectivity index (χ1) is 13.6. The molecule has 0 spiro atoms. The Hall–Kier alpha value is -2.79. The molecular formula is C23H22N2O2S. The summed E-state index contributed by atoms with van der Waals surface area (Å²) in [5.74, 6) is 0.394. The monoisotopic (exact) mass is 390 g/mol. The topological polar surface area (TPSA) is 42.3 Å². The highest BCUT2D eigenvalue weighted by molar-refractivity contribution is 8.04. The van der Waals surface area contributed by atoms with Crippen molar-refractivity contribution in [3.63, 3.8) is 0 Å². The molecule has 0 fully saturated rings. The van der Waals surface area contributed by atoms with Crippen LogP contribution in [0.4, 0.5) is 0 Å². The van der Waals surface area contributed by atoms with Crippen LogP contribution >= 0.6 is 11.8 Å². The van der Waals surface area contributed by atoms with Crippen molar-refractivity contribution in [2.75, 3.05) is 12.3 Å². The van der Waals surface area contributed by atoms with Crippen LogP contribution in [0, 0.1) is 0 Å². The number of hydrogen-bond donors (Lipinski definition) is 0. The number of hydrogen-bond acceptors (Lipinski definition) is 3. The summed E-state index contributed by atoms with van der Waals surface area (Å²) < 4.78 is 2.09. The molecule has 0 N–H and O–H groups in total. The lowest BCUT2D eigenvalue weighted by Gasteiger charge is -2.14. The summed E-state index contributed by atoms with van der Waals surface area (Å²) in [6, 6.07) is 17.7. The van der Waals surface area contributed by atoms with E-state index in [9.17, 15) is 9.59 Å². The van der Waals surface area contributed by atoms with E-state index in [0.29, 0.717) is 23.4 Å². The maximum absolute atomic E-state index is 13.1. The number of rotatable bonds is 6. The number of carbonyl (C=O) groups excluding carboxylic acids is 2. The van der Waals surface area contributed by atoms with Gasteiger partial charge in [-0.25, -0.2) is 0 Å². The number of amides is 2. The van der Waals surface area contributed by atoms with Crippen molar-refractivity contribution in [3.8, 4) is 0 Å². The molecule has 2 aromatic carbocycles. The van der Waals surface area contributed by atoms with Gasteiger partial charge in [-0.2, -0.15) is 0 Å². The predicted molar refractivity (Wildman–Crippen MR) is 115 cm³/mol. The van der Waals surface area contributed by atoms with E-state index in [0.717, 1.165) is 22.4 Å². The van der Waals surface area contributed by atoms with E-state index in [1.54, 1.807) is 0 Å². The second-order valence-corrected chi connectivity index (χ2v) is 8.07. The van der Waals surface area contributed by atoms with Crippen LogP contribution in [0.5, 0.6) is 0 Å². The van der Waals surface area contributed by atoms with Gasteiger partial charge in [0.15, 0.2) is 0 Å². The smallest absolute Gasteiger partial charge is 0.267 e. The zero-order chi connectivity index (χ0) is 19.7. The average Bonchev–Trinajstić information content (AvgIpc) is 3.16. The van der Waals surface area contributed by atoms with Gasteiger partial charge in [0.25, 0.3) is 11.8 Å². The molecule has 1 aliphatic rings. The number of nitrogens with zero attached hydrogens (tertiary/aromatic N) is 2. The molecular weight excluding hydrogens is 368 g/mol. The van der Waals surface area contributed by atoms with Gasteiger partial charge in [0.1, 0.15) is 0 Å². The fourth-order valence-corrected chi connectivity index (χ4v) is 4.62. The average molecular weight is 391 g/mol. The standard InChI is InChI=1S/C23H22N2O2S/c1-3-28-21-20(16-9-5-4-6-10-16)22(26)25(23(21)27)14-13-17-15-24(2)19-12-8-7-11-18(17)19/h4-12,15H,3,13-14H2,1-2H3. The third kappa shape index (κ3) is 3.16. The van der Waals surface area contributed by atoms with E-state index < -0.39 is 0 Å². The van der Waals surface area contributed by atoms with E-state index in [1.165, 1.54) is 22.0 Å². The molecule has 1 aromatic heterocycles. The molecule has 1 aliphatic heterocycles. The van der Waals surface area contributed by atoms with Crippen LogP contribution in [-0.2, 0) is 23.1 Å². The van der Waals surface area contributed by atoms with Crippen LogP contribution in [0.15, 0.2) is 65.7 Å². The van der Waals surface area contributed by atoms with E-state index in [4.69, 9.17) is 0 Å². The van der Waals surface area contributed by atoms with E-state index in [2.05, 4.69) is 22.9 Å². The molecule has 4 rings (SSSR count). The van der Waals surface area contributed by atoms with Crippen LogP contribution < -0.4 is 0 Å². The second kappa shape index (κ2) is 7.68. The molecule has 5 heteroatoms. The Bertz CT molecular complexity index is 1080. The van der Waals surface area contributed by atoms with Crippen LogP contribution in [0.25, 0.3) is 16.5 Å². The Balaban J connectivity index is 1.61. The Morgan fingerprint density at radius 1 is 0.929 bits per heavy atom. The maximum Gasteiger partial charge on any atom is 0.267 e. The zero-order valence-corrected chi connectivity index (χ0v) is 16.8. The van der Waals surface area contributed by atoms with Gasteiger partial charge in [-0.15, -0.1) is 11.8 Å². The number of fused-ring (bicyclic) bond motifs is 1. The molecule has 0 saturated heterocycles. The van der Waals surface area contributed by atoms with Crippen molar-refractivity contribution in [1.29, 1.82) is 0 Å². The lowest BCUT2D eigenvalue weighted by molar-refractivity contribution is -0.136. The third-order valence-corrected chi connectivity index (χ3v) is 6.02. The summed E-state index contributed by atoms with van der Waals surface area (Å²) in [5, 5.41) is 1.17. The molecule has 2 heterocycles. The van der Waals surface area contributed by atoms with Crippen molar-refractivity contribution in [2.45, 2.75) is 13.3 Å². The molecule has 0 aliphatic carbocycles. The molecule has 0 atom stereocenters. The first kappa shape index (κ1) is 18.6. The van der Waals surface area contributed by atoms with Gasteiger partial charge in [-0.3, -0.25) is 14.5 Å². The minimum atomic E-state index is -0.188. The Labute approximate surface area is 168 Å². The van der Waals surface area contributed by atoms with E-state index in [1.807, 2.05) is 56.4 Å². The highest BCUT2D eigenvalue weighted by atomic mass is 32.2. The van der Waals surface area contributed by atoms with Gasteiger partial charge in [0.2, 0.25) is 0 Å². The molecule has 0 bridgehead atoms. The second-order valence-electron chi connectivity index (χ2n) is 6.80. The molecule has 28 heavy (non-hydrogen) atoms. The minimum absolute atomic E-state index is 0.170. The number of thioether (sulfide) groups is 1. The number of para-hydroxylation sites is 1. The molecule has 0 saturated carbocycles. The Kier molecular flexibility index (Phi) is 5.09. The normalized spacial score (nSPS) is 14.6. The summed E-state index contributed by atoms with van der Waals surface area (Å²) in [7, 11) is 2.02. The van der Waals surface area contributed by atoms with Gasteiger partial charge in [-0.1, -0.05) is 55.5 Å². The van der Waals surface area contributed by atoms with Gasteiger partial charge < -0.3 is 4.57 Å². The number of imide groups is 1. The number of aromatic nitrogens is 1. The van der Waals surface area contributed by atoms with Crippen LogP contribution in [0.2, 0.25) is 0 Å². The summed E-state index contributed by atoms with van der Waals surface area (Å²) in [6.45, 7) is 2.38. The molecule has 0 unspecified atom stereocenters. The van der Waals surface area contributed by atoms with Gasteiger partial charge >= 0.3 is 0 Å². The number of aryl methyl sites for hydroxylation is 1. The van der Waals surface area contributed by atoms with Crippen molar-refractivity contribution in [3.05, 3.63) is 76.8 Å². The molecule has 142 valence electrons. The van der Waals surface area contributed by atoms with Gasteiger partial charge in [0, 0.05) is 30.7 Å². The number of benzene rings is 2. The van der Waals surface area contributed by atoms with Gasteiger partial charge in [0.05, 0.1) is 10.5 Å². The zero-order valence-electron chi connectivity index (χ0n) is 16.0. The Morgan fingerprint density at radius 2 is 1.64 bits per heavy atom. The van der Waals surface area contributed by atoms with Crippen molar-refractivity contribution in [1.82, 2.24) is 9.47 Å².